The second-order valence-corrected chi connectivity index (χ2v) is 10.4. The molecule has 0 bridgehead atoms. The molecule has 0 aliphatic heterocycles. The summed E-state index contributed by atoms with van der Waals surface area (Å²) in [5, 5.41) is 3.24. The van der Waals surface area contributed by atoms with Gasteiger partial charge in [0.05, 0.1) is 13.4 Å². The van der Waals surface area contributed by atoms with Crippen LogP contribution < -0.4 is 10.0 Å². The van der Waals surface area contributed by atoms with Gasteiger partial charge in [0, 0.05) is 26.1 Å². The lowest BCUT2D eigenvalue weighted by atomic mass is 10.0. The quantitative estimate of drug-likeness (QED) is 0.0731. The molecule has 0 aliphatic carbocycles. The summed E-state index contributed by atoms with van der Waals surface area (Å²) < 4.78 is 28.5. The Morgan fingerprint density at radius 2 is 1.51 bits per heavy atom. The van der Waals surface area contributed by atoms with Crippen LogP contribution in [0.15, 0.2) is 6.33 Å². The van der Waals surface area contributed by atoms with Gasteiger partial charge in [0.25, 0.3) is 0 Å². The zero-order valence-corrected chi connectivity index (χ0v) is 23.6. The molecule has 12 heteroatoms. The summed E-state index contributed by atoms with van der Waals surface area (Å²) in [5.74, 6) is 0.428. The van der Waals surface area contributed by atoms with E-state index in [1.165, 1.54) is 77.7 Å². The first-order valence-electron chi connectivity index (χ1n) is 13.5. The first-order valence-corrected chi connectivity index (χ1v) is 15.0. The number of unbranched alkanes of at least 4 members (excludes halogenated alkanes) is 13. The molecule has 2 heterocycles. The molecule has 3 N–H and O–H groups in total. The van der Waals surface area contributed by atoms with Gasteiger partial charge in [-0.15, -0.1) is 0 Å². The number of halogens is 1. The van der Waals surface area contributed by atoms with E-state index >= 15 is 0 Å². The normalized spacial score (nSPS) is 12.2. The van der Waals surface area contributed by atoms with Gasteiger partial charge >= 0.3 is 5.97 Å². The maximum Gasteiger partial charge on any atom is 0.305 e. The smallest absolute Gasteiger partial charge is 0.305 e. The van der Waals surface area contributed by atoms with Crippen LogP contribution in [0.25, 0.3) is 11.2 Å². The van der Waals surface area contributed by atoms with Crippen molar-refractivity contribution in [1.29, 1.82) is 0 Å². The van der Waals surface area contributed by atoms with Gasteiger partial charge in [0.2, 0.25) is 16.6 Å². The van der Waals surface area contributed by atoms with Crippen LogP contribution >= 0.6 is 11.6 Å². The van der Waals surface area contributed by atoms with E-state index < -0.39 is 11.3 Å². The Hall–Kier alpha value is -1.82. The van der Waals surface area contributed by atoms with Crippen LogP contribution in [0.3, 0.4) is 0 Å². The monoisotopic (exact) mass is 558 g/mol. The molecule has 0 amide bonds. The molecule has 210 valence electrons. The Bertz CT molecular complexity index is 945. The maximum absolute atomic E-state index is 11.1. The number of rotatable bonds is 22. The molecule has 2 aromatic heterocycles. The third-order valence-corrected chi connectivity index (χ3v) is 6.96. The topological polar surface area (TPSA) is 131 Å². The number of anilines is 1. The average molecular weight is 559 g/mol. The predicted octanol–water partition coefficient (Wildman–Crippen LogP) is 5.64. The van der Waals surface area contributed by atoms with Crippen molar-refractivity contribution in [2.45, 2.75) is 103 Å². The molecule has 2 rings (SSSR count). The fourth-order valence-corrected chi connectivity index (χ4v) is 4.74. The molecule has 2 aromatic rings. The van der Waals surface area contributed by atoms with Gasteiger partial charge in [-0.1, -0.05) is 77.0 Å². The fraction of sp³-hybridized carbons (Fsp3) is 0.760. The molecule has 1 atom stereocenters. The zero-order chi connectivity index (χ0) is 26.7. The van der Waals surface area contributed by atoms with E-state index in [1.807, 2.05) is 4.57 Å². The first-order chi connectivity index (χ1) is 18.0. The molecular weight excluding hydrogens is 516 g/mol. The molecule has 0 aliphatic rings. The summed E-state index contributed by atoms with van der Waals surface area (Å²) in [6, 6.07) is 0. The first kappa shape index (κ1) is 31.4. The highest BCUT2D eigenvalue weighted by atomic mass is 35.5. The van der Waals surface area contributed by atoms with Crippen molar-refractivity contribution in [2.75, 3.05) is 25.5 Å². The van der Waals surface area contributed by atoms with Crippen LogP contribution in [0.1, 0.15) is 96.3 Å². The number of hydrogen-bond donors (Lipinski definition) is 3. The van der Waals surface area contributed by atoms with Gasteiger partial charge in [-0.2, -0.15) is 9.97 Å². The standard InChI is InChI=1S/C25H43ClN6O4S/c1-36-21(33)16-14-12-10-8-6-4-2-3-5-7-9-11-13-15-19-32-20-28-22-23(27-17-18-29-37(34)35)30-25(26)31-24(22)32/h20,29H,2-19H2,1H3,(H,34,35)(H,27,30,31). The van der Waals surface area contributed by atoms with Crippen molar-refractivity contribution in [1.82, 2.24) is 24.2 Å². The summed E-state index contributed by atoms with van der Waals surface area (Å²) in [7, 11) is 1.45. The van der Waals surface area contributed by atoms with E-state index in [4.69, 9.17) is 16.2 Å². The highest BCUT2D eigenvalue weighted by Gasteiger charge is 2.12. The minimum absolute atomic E-state index is 0.0955. The van der Waals surface area contributed by atoms with Gasteiger partial charge < -0.3 is 14.6 Å². The summed E-state index contributed by atoms with van der Waals surface area (Å²) in [4.78, 5) is 24.0. The number of carbonyl (C=O) groups is 1. The molecule has 0 saturated heterocycles. The van der Waals surface area contributed by atoms with Gasteiger partial charge in [-0.05, 0) is 24.4 Å². The maximum atomic E-state index is 11.1. The number of ether oxygens (including phenoxy) is 1. The van der Waals surface area contributed by atoms with E-state index in [0.29, 0.717) is 36.5 Å². The number of nitrogens with one attached hydrogen (secondary N) is 2. The number of fused-ring (bicyclic) bond motifs is 1. The average Bonchev–Trinajstić information content (AvgIpc) is 3.28. The van der Waals surface area contributed by atoms with E-state index in [1.54, 1.807) is 6.33 Å². The molecule has 0 spiro atoms. The van der Waals surface area contributed by atoms with Crippen LogP contribution in [0, 0.1) is 0 Å². The van der Waals surface area contributed by atoms with Crippen molar-refractivity contribution < 1.29 is 18.3 Å². The van der Waals surface area contributed by atoms with Gasteiger partial charge in [-0.25, -0.2) is 13.9 Å². The SMILES string of the molecule is COC(=O)CCCCCCCCCCCCCCCCn1cnc2c(NCCNS(=O)O)nc(Cl)nc21. The van der Waals surface area contributed by atoms with Crippen molar-refractivity contribution >= 4 is 45.8 Å². The molecule has 0 fully saturated rings. The number of aryl methyl sites for hydroxylation is 1. The third-order valence-electron chi connectivity index (χ3n) is 6.34. The molecule has 0 saturated carbocycles. The second kappa shape index (κ2) is 19.3. The summed E-state index contributed by atoms with van der Waals surface area (Å²) >= 11 is 4.06. The number of nitrogens with zero attached hydrogens (tertiary/aromatic N) is 4. The van der Waals surface area contributed by atoms with Crippen molar-refractivity contribution in [3.05, 3.63) is 11.6 Å². The molecule has 37 heavy (non-hydrogen) atoms. The van der Waals surface area contributed by atoms with Crippen LogP contribution in [0.2, 0.25) is 5.28 Å². The molecule has 1 unspecified atom stereocenters. The Kier molecular flexibility index (Phi) is 16.4. The Labute approximate surface area is 228 Å². The number of hydrogen-bond acceptors (Lipinski definition) is 7. The Morgan fingerprint density at radius 1 is 0.946 bits per heavy atom. The minimum Gasteiger partial charge on any atom is -0.469 e. The molecule has 10 nitrogen and oxygen atoms in total. The van der Waals surface area contributed by atoms with E-state index in [9.17, 15) is 9.00 Å². The third kappa shape index (κ3) is 13.5. The van der Waals surface area contributed by atoms with Gasteiger partial charge in [-0.3, -0.25) is 9.35 Å². The molecular formula is C25H43ClN6O4S. The van der Waals surface area contributed by atoms with Crippen LogP contribution in [-0.2, 0) is 27.3 Å². The van der Waals surface area contributed by atoms with Gasteiger partial charge in [0.1, 0.15) is 0 Å². The zero-order valence-electron chi connectivity index (χ0n) is 22.1. The molecule has 0 radical (unpaired) electrons. The number of esters is 1. The van der Waals surface area contributed by atoms with Crippen molar-refractivity contribution in [2.24, 2.45) is 0 Å². The highest BCUT2D eigenvalue weighted by molar-refractivity contribution is 7.77. The lowest BCUT2D eigenvalue weighted by molar-refractivity contribution is -0.140. The Balaban J connectivity index is 1.49. The lowest BCUT2D eigenvalue weighted by Crippen LogP contribution is -2.24. The van der Waals surface area contributed by atoms with Crippen molar-refractivity contribution in [3.8, 4) is 0 Å². The number of aromatic nitrogens is 4. The van der Waals surface area contributed by atoms with Crippen LogP contribution in [0.5, 0.6) is 0 Å². The van der Waals surface area contributed by atoms with E-state index in [-0.39, 0.29) is 11.3 Å². The number of imidazole rings is 1. The number of carbonyl (C=O) groups excluding carboxylic acids is 1. The second-order valence-electron chi connectivity index (χ2n) is 9.30. The predicted molar refractivity (Wildman–Crippen MR) is 149 cm³/mol. The summed E-state index contributed by atoms with van der Waals surface area (Å²) in [6.45, 7) is 1.53. The Morgan fingerprint density at radius 3 is 2.08 bits per heavy atom. The summed E-state index contributed by atoms with van der Waals surface area (Å²) in [6.07, 6.45) is 19.5. The fourth-order valence-electron chi connectivity index (χ4n) is 4.30. The number of methoxy groups -OCH3 is 1. The highest BCUT2D eigenvalue weighted by Crippen LogP contribution is 2.21. The largest absolute Gasteiger partial charge is 0.469 e. The minimum atomic E-state index is -2.04. The van der Waals surface area contributed by atoms with Gasteiger partial charge in [0.15, 0.2) is 17.0 Å². The summed E-state index contributed by atoms with van der Waals surface area (Å²) in [5.41, 5.74) is 1.34. The van der Waals surface area contributed by atoms with Crippen molar-refractivity contribution in [3.63, 3.8) is 0 Å². The van der Waals surface area contributed by atoms with Crippen LogP contribution in [0.4, 0.5) is 5.82 Å². The van der Waals surface area contributed by atoms with Crippen LogP contribution in [-0.4, -0.2) is 54.4 Å². The van der Waals surface area contributed by atoms with E-state index in [0.717, 1.165) is 25.8 Å². The lowest BCUT2D eigenvalue weighted by Gasteiger charge is -2.08. The molecule has 0 aromatic carbocycles. The van der Waals surface area contributed by atoms with E-state index in [2.05, 4.69) is 29.7 Å².